The predicted molar refractivity (Wildman–Crippen MR) is 112 cm³/mol. The van der Waals surface area contributed by atoms with E-state index in [2.05, 4.69) is 15.0 Å². The molecule has 0 unspecified atom stereocenters. The van der Waals surface area contributed by atoms with Gasteiger partial charge < -0.3 is 10.1 Å². The first-order chi connectivity index (χ1) is 13.8. The Balaban J connectivity index is 1.62. The summed E-state index contributed by atoms with van der Waals surface area (Å²) in [6.45, 7) is 1.61. The lowest BCUT2D eigenvalue weighted by molar-refractivity contribution is -0.122. The number of nitrogens with one attached hydrogen (secondary N) is 2. The fourth-order valence-electron chi connectivity index (χ4n) is 2.37. The van der Waals surface area contributed by atoms with Gasteiger partial charge in [-0.1, -0.05) is 11.6 Å². The number of halogens is 1. The van der Waals surface area contributed by atoms with Gasteiger partial charge in [-0.3, -0.25) is 14.5 Å². The van der Waals surface area contributed by atoms with Crippen molar-refractivity contribution in [3.63, 3.8) is 0 Å². The number of carbonyl (C=O) groups is 1. The molecule has 1 atom stereocenters. The molecule has 150 valence electrons. The average molecular weight is 432 g/mol. The second kappa shape index (κ2) is 8.93. The molecule has 7 nitrogen and oxygen atoms in total. The summed E-state index contributed by atoms with van der Waals surface area (Å²) in [6.07, 6.45) is 2.20. The molecule has 0 aliphatic heterocycles. The second-order valence-corrected chi connectivity index (χ2v) is 8.19. The molecule has 29 heavy (non-hydrogen) atoms. The summed E-state index contributed by atoms with van der Waals surface area (Å²) < 4.78 is 32.8. The van der Waals surface area contributed by atoms with E-state index < -0.39 is 16.1 Å². The van der Waals surface area contributed by atoms with E-state index in [1.807, 2.05) is 0 Å². The van der Waals surface area contributed by atoms with Crippen LogP contribution in [0.15, 0.2) is 78.0 Å². The molecule has 3 aromatic rings. The van der Waals surface area contributed by atoms with Gasteiger partial charge in [0.25, 0.3) is 15.9 Å². The molecule has 3 rings (SSSR count). The summed E-state index contributed by atoms with van der Waals surface area (Å²) in [5.41, 5.74) is 0.805. The molecule has 0 radical (unpaired) electrons. The Morgan fingerprint density at radius 2 is 1.72 bits per heavy atom. The van der Waals surface area contributed by atoms with Gasteiger partial charge in [-0.15, -0.1) is 0 Å². The summed E-state index contributed by atoms with van der Waals surface area (Å²) in [6, 6.07) is 15.7. The number of sulfonamides is 1. The first-order valence-electron chi connectivity index (χ1n) is 8.59. The van der Waals surface area contributed by atoms with Gasteiger partial charge in [0.1, 0.15) is 5.75 Å². The molecule has 0 saturated heterocycles. The Bertz CT molecular complexity index is 1070. The van der Waals surface area contributed by atoms with Crippen molar-refractivity contribution >= 4 is 38.9 Å². The van der Waals surface area contributed by atoms with Crippen LogP contribution in [0.5, 0.6) is 5.75 Å². The maximum atomic E-state index is 12.4. The highest BCUT2D eigenvalue weighted by atomic mass is 35.5. The molecule has 0 spiro atoms. The van der Waals surface area contributed by atoms with Crippen LogP contribution in [-0.4, -0.2) is 25.4 Å². The van der Waals surface area contributed by atoms with Gasteiger partial charge in [0.05, 0.1) is 16.8 Å². The predicted octanol–water partition coefficient (Wildman–Crippen LogP) is 3.94. The first-order valence-corrected chi connectivity index (χ1v) is 10.5. The number of rotatable bonds is 7. The number of pyridine rings is 1. The van der Waals surface area contributed by atoms with Gasteiger partial charge in [-0.25, -0.2) is 8.42 Å². The van der Waals surface area contributed by atoms with Gasteiger partial charge in [0.15, 0.2) is 6.10 Å². The van der Waals surface area contributed by atoms with Crippen LogP contribution in [0, 0.1) is 0 Å². The topological polar surface area (TPSA) is 97.4 Å². The van der Waals surface area contributed by atoms with E-state index in [1.165, 1.54) is 30.5 Å². The standard InChI is InChI=1S/C20H18ClN3O4S/c1-14(28-18-8-4-15(21)5-9-18)20(25)23-16-6-10-19(11-7-16)29(26,27)24-17-3-2-12-22-13-17/h2-14,24H,1H3,(H,23,25)/t14-/m0/s1. The van der Waals surface area contributed by atoms with Gasteiger partial charge >= 0.3 is 0 Å². The van der Waals surface area contributed by atoms with Crippen molar-refractivity contribution in [3.05, 3.63) is 78.1 Å². The van der Waals surface area contributed by atoms with E-state index in [9.17, 15) is 13.2 Å². The lowest BCUT2D eigenvalue weighted by Crippen LogP contribution is -2.30. The normalized spacial score (nSPS) is 12.1. The molecule has 2 aromatic carbocycles. The third-order valence-corrected chi connectivity index (χ3v) is 5.49. The molecule has 1 aromatic heterocycles. The molecular weight excluding hydrogens is 414 g/mol. The van der Waals surface area contributed by atoms with Gasteiger partial charge in [0.2, 0.25) is 0 Å². The number of aromatic nitrogens is 1. The largest absolute Gasteiger partial charge is 0.481 e. The minimum atomic E-state index is -3.76. The van der Waals surface area contributed by atoms with Crippen molar-refractivity contribution in [3.8, 4) is 5.75 Å². The number of nitrogens with zero attached hydrogens (tertiary/aromatic N) is 1. The summed E-state index contributed by atoms with van der Waals surface area (Å²) in [4.78, 5) is 16.2. The van der Waals surface area contributed by atoms with Crippen LogP contribution in [0.4, 0.5) is 11.4 Å². The third-order valence-electron chi connectivity index (χ3n) is 3.84. The smallest absolute Gasteiger partial charge is 0.265 e. The van der Waals surface area contributed by atoms with E-state index in [1.54, 1.807) is 49.5 Å². The molecule has 0 fully saturated rings. The van der Waals surface area contributed by atoms with Crippen molar-refractivity contribution in [2.45, 2.75) is 17.9 Å². The molecule has 1 heterocycles. The van der Waals surface area contributed by atoms with Crippen LogP contribution >= 0.6 is 11.6 Å². The Morgan fingerprint density at radius 1 is 1.03 bits per heavy atom. The van der Waals surface area contributed by atoms with Crippen LogP contribution in [-0.2, 0) is 14.8 Å². The third kappa shape index (κ3) is 5.69. The van der Waals surface area contributed by atoms with E-state index in [0.717, 1.165) is 0 Å². The zero-order chi connectivity index (χ0) is 20.9. The van der Waals surface area contributed by atoms with Crippen molar-refractivity contribution in [1.82, 2.24) is 4.98 Å². The Kier molecular flexibility index (Phi) is 6.36. The minimum absolute atomic E-state index is 0.0600. The van der Waals surface area contributed by atoms with E-state index in [-0.39, 0.29) is 10.8 Å². The van der Waals surface area contributed by atoms with E-state index in [4.69, 9.17) is 16.3 Å². The summed E-state index contributed by atoms with van der Waals surface area (Å²) in [5, 5.41) is 3.26. The molecule has 0 aliphatic carbocycles. The fraction of sp³-hybridized carbons (Fsp3) is 0.100. The first kappa shape index (κ1) is 20.6. The van der Waals surface area contributed by atoms with Crippen LogP contribution in [0.1, 0.15) is 6.92 Å². The molecular formula is C20H18ClN3O4S. The number of carbonyl (C=O) groups excluding carboxylic acids is 1. The number of hydrogen-bond acceptors (Lipinski definition) is 5. The second-order valence-electron chi connectivity index (χ2n) is 6.07. The number of anilines is 2. The summed E-state index contributed by atoms with van der Waals surface area (Å²) in [5.74, 6) is 0.143. The minimum Gasteiger partial charge on any atom is -0.481 e. The van der Waals surface area contributed by atoms with Gasteiger partial charge in [-0.2, -0.15) is 0 Å². The fourth-order valence-corrected chi connectivity index (χ4v) is 3.54. The Morgan fingerprint density at radius 3 is 2.34 bits per heavy atom. The highest BCUT2D eigenvalue weighted by Crippen LogP contribution is 2.19. The van der Waals surface area contributed by atoms with Crippen molar-refractivity contribution < 1.29 is 17.9 Å². The van der Waals surface area contributed by atoms with Gasteiger partial charge in [0, 0.05) is 16.9 Å². The maximum Gasteiger partial charge on any atom is 0.265 e. The van der Waals surface area contributed by atoms with Crippen LogP contribution < -0.4 is 14.8 Å². The monoisotopic (exact) mass is 431 g/mol. The zero-order valence-electron chi connectivity index (χ0n) is 15.4. The maximum absolute atomic E-state index is 12.4. The number of ether oxygens (including phenoxy) is 1. The van der Waals surface area contributed by atoms with Crippen LogP contribution in [0.2, 0.25) is 5.02 Å². The lowest BCUT2D eigenvalue weighted by atomic mass is 10.3. The van der Waals surface area contributed by atoms with Crippen molar-refractivity contribution in [1.29, 1.82) is 0 Å². The SMILES string of the molecule is C[C@H](Oc1ccc(Cl)cc1)C(=O)Nc1ccc(S(=O)(=O)Nc2cccnc2)cc1. The van der Waals surface area contributed by atoms with Crippen LogP contribution in [0.25, 0.3) is 0 Å². The van der Waals surface area contributed by atoms with E-state index >= 15 is 0 Å². The zero-order valence-corrected chi connectivity index (χ0v) is 16.9. The average Bonchev–Trinajstić information content (AvgIpc) is 2.70. The van der Waals surface area contributed by atoms with Crippen molar-refractivity contribution in [2.24, 2.45) is 0 Å². The molecule has 0 saturated carbocycles. The van der Waals surface area contributed by atoms with Crippen molar-refractivity contribution in [2.75, 3.05) is 10.0 Å². The Labute approximate surface area is 173 Å². The molecule has 0 aliphatic rings. The molecule has 0 bridgehead atoms. The molecule has 2 N–H and O–H groups in total. The molecule has 9 heteroatoms. The van der Waals surface area contributed by atoms with Gasteiger partial charge in [-0.05, 0) is 67.6 Å². The van der Waals surface area contributed by atoms with Crippen LogP contribution in [0.3, 0.4) is 0 Å². The Hall–Kier alpha value is -3.10. The highest BCUT2D eigenvalue weighted by molar-refractivity contribution is 7.92. The highest BCUT2D eigenvalue weighted by Gasteiger charge is 2.17. The quantitative estimate of drug-likeness (QED) is 0.590. The summed E-state index contributed by atoms with van der Waals surface area (Å²) in [7, 11) is -3.76. The number of amides is 1. The number of benzene rings is 2. The summed E-state index contributed by atoms with van der Waals surface area (Å²) >= 11 is 5.82. The lowest BCUT2D eigenvalue weighted by Gasteiger charge is -2.15. The van der Waals surface area contributed by atoms with E-state index in [0.29, 0.717) is 22.1 Å². The number of hydrogen-bond donors (Lipinski definition) is 2. The molecule has 1 amide bonds.